The summed E-state index contributed by atoms with van der Waals surface area (Å²) >= 11 is 0. The van der Waals surface area contributed by atoms with Crippen LogP contribution in [-0.2, 0) is 9.59 Å². The summed E-state index contributed by atoms with van der Waals surface area (Å²) in [6.07, 6.45) is 2.40. The molecule has 0 saturated heterocycles. The number of nitrogens with zero attached hydrogens (tertiary/aromatic N) is 1. The molecule has 0 aromatic heterocycles. The van der Waals surface area contributed by atoms with Gasteiger partial charge in [0.2, 0.25) is 5.91 Å². The van der Waals surface area contributed by atoms with Crippen LogP contribution in [0.25, 0.3) is 6.08 Å². The van der Waals surface area contributed by atoms with Gasteiger partial charge in [0.05, 0.1) is 6.54 Å². The van der Waals surface area contributed by atoms with Crippen molar-refractivity contribution in [3.05, 3.63) is 41.5 Å². The Balaban J connectivity index is 2.85. The molecule has 0 aliphatic carbocycles. The highest BCUT2D eigenvalue weighted by Crippen LogP contribution is 2.09. The molecule has 20 heavy (non-hydrogen) atoms. The summed E-state index contributed by atoms with van der Waals surface area (Å²) in [6.45, 7) is -0.0372. The molecule has 0 spiro atoms. The van der Waals surface area contributed by atoms with Crippen molar-refractivity contribution in [1.29, 1.82) is 0 Å². The maximum atomic E-state index is 12.1. The number of carboxylic acid groups (broad SMARTS) is 1. The Hall–Kier alpha value is -2.63. The zero-order valence-electron chi connectivity index (χ0n) is 11.3. The molecule has 1 rings (SSSR count). The molecule has 2 N–H and O–H groups in total. The van der Waals surface area contributed by atoms with E-state index in [9.17, 15) is 14.4 Å². The van der Waals surface area contributed by atoms with Gasteiger partial charge in [0, 0.05) is 25.7 Å². The fourth-order valence-electron chi connectivity index (χ4n) is 1.53. The Labute approximate surface area is 116 Å². The molecular formula is C14H16N2O4. The van der Waals surface area contributed by atoms with Crippen molar-refractivity contribution in [2.24, 2.45) is 0 Å². The Kier molecular flexibility index (Phi) is 5.46. The van der Waals surface area contributed by atoms with Gasteiger partial charge in [0.15, 0.2) is 0 Å². The second-order valence-electron chi connectivity index (χ2n) is 4.13. The predicted octanol–water partition coefficient (Wildman–Crippen LogP) is 0.602. The number of amides is 2. The third kappa shape index (κ3) is 4.56. The molecule has 0 radical (unpaired) electrons. The number of rotatable bonds is 5. The van der Waals surface area contributed by atoms with Gasteiger partial charge >= 0.3 is 5.97 Å². The summed E-state index contributed by atoms with van der Waals surface area (Å²) in [5, 5.41) is 11.0. The van der Waals surface area contributed by atoms with E-state index in [-0.39, 0.29) is 18.4 Å². The molecule has 6 nitrogen and oxygen atoms in total. The number of nitrogens with one attached hydrogen (secondary N) is 1. The zero-order valence-corrected chi connectivity index (χ0v) is 11.3. The molecule has 0 aliphatic rings. The molecule has 0 heterocycles. The number of aliphatic carboxylic acids is 1. The molecular weight excluding hydrogens is 260 g/mol. The first kappa shape index (κ1) is 15.4. The molecule has 1 aromatic rings. The van der Waals surface area contributed by atoms with Crippen LogP contribution in [0.4, 0.5) is 0 Å². The van der Waals surface area contributed by atoms with Crippen LogP contribution in [-0.4, -0.2) is 48.4 Å². The molecule has 0 atom stereocenters. The van der Waals surface area contributed by atoms with Gasteiger partial charge in [-0.05, 0) is 23.8 Å². The van der Waals surface area contributed by atoms with Gasteiger partial charge in [-0.15, -0.1) is 0 Å². The van der Waals surface area contributed by atoms with Crippen LogP contribution in [0.15, 0.2) is 30.3 Å². The van der Waals surface area contributed by atoms with Gasteiger partial charge in [-0.2, -0.15) is 0 Å². The summed E-state index contributed by atoms with van der Waals surface area (Å²) in [5.41, 5.74) is 0.996. The SMILES string of the molecule is CNC(=O)CN(C)C(=O)c1cccc(C=CC(=O)O)c1. The van der Waals surface area contributed by atoms with E-state index >= 15 is 0 Å². The quantitative estimate of drug-likeness (QED) is 0.771. The van der Waals surface area contributed by atoms with Gasteiger partial charge in [-0.3, -0.25) is 9.59 Å². The maximum Gasteiger partial charge on any atom is 0.328 e. The summed E-state index contributed by atoms with van der Waals surface area (Å²) in [6, 6.07) is 6.53. The number of carboxylic acids is 1. The van der Waals surface area contributed by atoms with Crippen molar-refractivity contribution in [2.45, 2.75) is 0 Å². The molecule has 2 amide bonds. The number of carbonyl (C=O) groups is 3. The first-order chi connectivity index (χ1) is 9.43. The Morgan fingerprint density at radius 1 is 1.35 bits per heavy atom. The van der Waals surface area contributed by atoms with E-state index in [0.29, 0.717) is 11.1 Å². The third-order valence-electron chi connectivity index (χ3n) is 2.56. The zero-order chi connectivity index (χ0) is 15.1. The first-order valence-electron chi connectivity index (χ1n) is 5.91. The fourth-order valence-corrected chi connectivity index (χ4v) is 1.53. The summed E-state index contributed by atoms with van der Waals surface area (Å²) in [4.78, 5) is 35.1. The highest BCUT2D eigenvalue weighted by atomic mass is 16.4. The first-order valence-corrected chi connectivity index (χ1v) is 5.91. The Morgan fingerprint density at radius 3 is 2.65 bits per heavy atom. The molecule has 0 unspecified atom stereocenters. The van der Waals surface area contributed by atoms with Gasteiger partial charge in [0.25, 0.3) is 5.91 Å². The minimum absolute atomic E-state index is 0.0372. The van der Waals surface area contributed by atoms with Gasteiger partial charge < -0.3 is 15.3 Å². The number of hydrogen-bond acceptors (Lipinski definition) is 3. The van der Waals surface area contributed by atoms with Crippen LogP contribution in [0.2, 0.25) is 0 Å². The van der Waals surface area contributed by atoms with Crippen molar-refractivity contribution < 1.29 is 19.5 Å². The minimum atomic E-state index is -1.06. The van der Waals surface area contributed by atoms with Gasteiger partial charge in [-0.25, -0.2) is 4.79 Å². The second kappa shape index (κ2) is 7.08. The van der Waals surface area contributed by atoms with E-state index in [1.807, 2.05) is 0 Å². The Morgan fingerprint density at radius 2 is 2.05 bits per heavy atom. The average Bonchev–Trinajstić information content (AvgIpc) is 2.44. The van der Waals surface area contributed by atoms with Crippen LogP contribution in [0.3, 0.4) is 0 Å². The van der Waals surface area contributed by atoms with E-state index in [4.69, 9.17) is 5.11 Å². The van der Waals surface area contributed by atoms with Crippen LogP contribution >= 0.6 is 0 Å². The standard InChI is InChI=1S/C14H16N2O4/c1-15-12(17)9-16(2)14(20)11-5-3-4-10(8-11)6-7-13(18)19/h3-8H,9H2,1-2H3,(H,15,17)(H,18,19). The lowest BCUT2D eigenvalue weighted by molar-refractivity contribution is -0.131. The van der Waals surface area contributed by atoms with Crippen molar-refractivity contribution >= 4 is 23.9 Å². The normalized spacial score (nSPS) is 10.3. The van der Waals surface area contributed by atoms with Crippen molar-refractivity contribution in [2.75, 3.05) is 20.6 Å². The van der Waals surface area contributed by atoms with Crippen LogP contribution in [0, 0.1) is 0 Å². The van der Waals surface area contributed by atoms with Crippen molar-refractivity contribution in [3.8, 4) is 0 Å². The van der Waals surface area contributed by atoms with Crippen molar-refractivity contribution in [3.63, 3.8) is 0 Å². The molecule has 0 bridgehead atoms. The Bertz CT molecular complexity index is 552. The number of carbonyl (C=O) groups excluding carboxylic acids is 2. The lowest BCUT2D eigenvalue weighted by Gasteiger charge is -2.16. The molecule has 6 heteroatoms. The van der Waals surface area contributed by atoms with E-state index in [0.717, 1.165) is 6.08 Å². The lowest BCUT2D eigenvalue weighted by atomic mass is 10.1. The van der Waals surface area contributed by atoms with E-state index < -0.39 is 5.97 Å². The number of likely N-dealkylation sites (N-methyl/N-ethyl adjacent to an activating group) is 2. The van der Waals surface area contributed by atoms with Crippen LogP contribution in [0.5, 0.6) is 0 Å². The second-order valence-corrected chi connectivity index (χ2v) is 4.13. The van der Waals surface area contributed by atoms with E-state index in [1.165, 1.54) is 25.1 Å². The van der Waals surface area contributed by atoms with Crippen LogP contribution < -0.4 is 5.32 Å². The number of benzene rings is 1. The summed E-state index contributed by atoms with van der Waals surface area (Å²) in [7, 11) is 3.02. The van der Waals surface area contributed by atoms with Crippen LogP contribution in [0.1, 0.15) is 15.9 Å². The minimum Gasteiger partial charge on any atom is -0.478 e. The summed E-state index contributed by atoms with van der Waals surface area (Å²) in [5.74, 6) is -1.62. The van der Waals surface area contributed by atoms with Gasteiger partial charge in [0.1, 0.15) is 0 Å². The highest BCUT2D eigenvalue weighted by Gasteiger charge is 2.14. The summed E-state index contributed by atoms with van der Waals surface area (Å²) < 4.78 is 0. The topological polar surface area (TPSA) is 86.7 Å². The van der Waals surface area contributed by atoms with Crippen molar-refractivity contribution in [1.82, 2.24) is 10.2 Å². The molecule has 0 fully saturated rings. The number of hydrogen-bond donors (Lipinski definition) is 2. The molecule has 0 saturated carbocycles. The fraction of sp³-hybridized carbons (Fsp3) is 0.214. The maximum absolute atomic E-state index is 12.1. The molecule has 106 valence electrons. The third-order valence-corrected chi connectivity index (χ3v) is 2.56. The molecule has 0 aliphatic heterocycles. The molecule has 1 aromatic carbocycles. The van der Waals surface area contributed by atoms with E-state index in [1.54, 1.807) is 24.3 Å². The lowest BCUT2D eigenvalue weighted by Crippen LogP contribution is -2.36. The predicted molar refractivity (Wildman–Crippen MR) is 74.1 cm³/mol. The monoisotopic (exact) mass is 276 g/mol. The smallest absolute Gasteiger partial charge is 0.328 e. The van der Waals surface area contributed by atoms with Gasteiger partial charge in [-0.1, -0.05) is 12.1 Å². The van der Waals surface area contributed by atoms with E-state index in [2.05, 4.69) is 5.32 Å². The highest BCUT2D eigenvalue weighted by molar-refractivity contribution is 5.97. The largest absolute Gasteiger partial charge is 0.478 e. The average molecular weight is 276 g/mol.